The first-order chi connectivity index (χ1) is 14.9. The van der Waals surface area contributed by atoms with Crippen molar-refractivity contribution in [3.05, 3.63) is 40.0 Å². The van der Waals surface area contributed by atoms with E-state index in [1.165, 1.54) is 16.7 Å². The Bertz CT molecular complexity index is 1010. The topological polar surface area (TPSA) is 74.2 Å². The van der Waals surface area contributed by atoms with Crippen LogP contribution in [0.1, 0.15) is 49.9 Å². The Kier molecular flexibility index (Phi) is 4.81. The molecule has 31 heavy (non-hydrogen) atoms. The second kappa shape index (κ2) is 7.30. The van der Waals surface area contributed by atoms with Gasteiger partial charge >= 0.3 is 5.97 Å². The number of carbonyl (C=O) groups excluding carboxylic acids is 2. The number of nitrogens with zero attached hydrogens (tertiary/aromatic N) is 1. The number of benzene rings is 1. The van der Waals surface area contributed by atoms with E-state index in [2.05, 4.69) is 45.0 Å². The van der Waals surface area contributed by atoms with Crippen LogP contribution >= 0.6 is 0 Å². The molecule has 2 bridgehead atoms. The fourth-order valence-electron chi connectivity index (χ4n) is 6.23. The molecule has 6 nitrogen and oxygen atoms in total. The highest BCUT2D eigenvalue weighted by Gasteiger charge is 2.69. The maximum absolute atomic E-state index is 13.9. The fraction of sp³-hybridized carbons (Fsp3) is 0.560. The minimum absolute atomic E-state index is 0.0267. The second-order valence-corrected chi connectivity index (χ2v) is 9.00. The maximum Gasteiger partial charge on any atom is 0.356 e. The van der Waals surface area contributed by atoms with Crippen LogP contribution in [0.5, 0.6) is 0 Å². The number of hydrogen-bond donors (Lipinski definition) is 0. The number of oxime groups is 1. The molecule has 0 amide bonds. The minimum atomic E-state index is -0.474. The van der Waals surface area contributed by atoms with E-state index in [4.69, 9.17) is 14.3 Å². The van der Waals surface area contributed by atoms with Crippen LogP contribution in [0.15, 0.2) is 22.9 Å². The van der Waals surface area contributed by atoms with Crippen LogP contribution in [0.25, 0.3) is 5.57 Å². The average molecular weight is 424 g/mol. The molecule has 1 aliphatic carbocycles. The highest BCUT2D eigenvalue weighted by Crippen LogP contribution is 2.58. The van der Waals surface area contributed by atoms with Gasteiger partial charge in [-0.05, 0) is 50.3 Å². The summed E-state index contributed by atoms with van der Waals surface area (Å²) in [6.07, 6.45) is 0.757. The Morgan fingerprint density at radius 3 is 2.29 bits per heavy atom. The predicted molar refractivity (Wildman–Crippen MR) is 116 cm³/mol. The van der Waals surface area contributed by atoms with E-state index < -0.39 is 12.1 Å². The van der Waals surface area contributed by atoms with E-state index in [0.29, 0.717) is 0 Å². The molecule has 1 aromatic rings. The molecule has 1 aromatic carbocycles. The molecule has 3 heterocycles. The molecule has 164 valence electrons. The maximum atomic E-state index is 13.9. The summed E-state index contributed by atoms with van der Waals surface area (Å²) in [6, 6.07) is 4.40. The molecule has 0 N–H and O–H groups in total. The highest BCUT2D eigenvalue weighted by atomic mass is 16.7. The average Bonchev–Trinajstić information content (AvgIpc) is 3.48. The summed E-state index contributed by atoms with van der Waals surface area (Å²) < 4.78 is 11.4. The monoisotopic (exact) mass is 423 g/mol. The van der Waals surface area contributed by atoms with E-state index >= 15 is 0 Å². The zero-order chi connectivity index (χ0) is 22.0. The lowest BCUT2D eigenvalue weighted by atomic mass is 9.70. The molecule has 4 aliphatic rings. The van der Waals surface area contributed by atoms with Gasteiger partial charge in [0.05, 0.1) is 24.5 Å². The fourth-order valence-corrected chi connectivity index (χ4v) is 6.23. The molecule has 6 heteroatoms. The Morgan fingerprint density at radius 2 is 1.68 bits per heavy atom. The van der Waals surface area contributed by atoms with Gasteiger partial charge in [-0.15, -0.1) is 0 Å². The van der Waals surface area contributed by atoms with Crippen molar-refractivity contribution in [3.63, 3.8) is 0 Å². The van der Waals surface area contributed by atoms with Gasteiger partial charge in [0.25, 0.3) is 0 Å². The summed E-state index contributed by atoms with van der Waals surface area (Å²) in [5.74, 6) is -0.995. The van der Waals surface area contributed by atoms with Gasteiger partial charge in [-0.1, -0.05) is 42.3 Å². The Morgan fingerprint density at radius 1 is 1.00 bits per heavy atom. The third-order valence-corrected chi connectivity index (χ3v) is 7.42. The number of rotatable bonds is 5. The third-order valence-electron chi connectivity index (χ3n) is 7.42. The van der Waals surface area contributed by atoms with E-state index in [9.17, 15) is 9.59 Å². The molecular formula is C25H29NO5. The highest BCUT2D eigenvalue weighted by molar-refractivity contribution is 6.38. The second-order valence-electron chi connectivity index (χ2n) is 9.00. The molecule has 6 atom stereocenters. The number of allylic oxidation sites excluding steroid dienone is 1. The van der Waals surface area contributed by atoms with Crippen molar-refractivity contribution in [2.45, 2.75) is 65.8 Å². The Hall–Kier alpha value is -2.47. The van der Waals surface area contributed by atoms with Crippen molar-refractivity contribution in [3.8, 4) is 0 Å². The number of hydrogen-bond acceptors (Lipinski definition) is 6. The van der Waals surface area contributed by atoms with Gasteiger partial charge < -0.3 is 14.3 Å². The van der Waals surface area contributed by atoms with Crippen molar-refractivity contribution in [2.24, 2.45) is 22.9 Å². The van der Waals surface area contributed by atoms with Crippen LogP contribution < -0.4 is 0 Å². The first-order valence-electron chi connectivity index (χ1n) is 11.4. The van der Waals surface area contributed by atoms with Gasteiger partial charge in [0.15, 0.2) is 17.6 Å². The molecular weight excluding hydrogens is 394 g/mol. The third kappa shape index (κ3) is 2.70. The lowest BCUT2D eigenvalue weighted by Gasteiger charge is -2.28. The molecule has 2 saturated heterocycles. The van der Waals surface area contributed by atoms with E-state index in [-0.39, 0.29) is 48.1 Å². The molecule has 2 fully saturated rings. The van der Waals surface area contributed by atoms with Crippen LogP contribution in [0, 0.1) is 24.7 Å². The lowest BCUT2D eigenvalue weighted by Crippen LogP contribution is -2.46. The van der Waals surface area contributed by atoms with Crippen molar-refractivity contribution in [2.75, 3.05) is 6.61 Å². The zero-order valence-corrected chi connectivity index (χ0v) is 18.7. The van der Waals surface area contributed by atoms with Crippen LogP contribution in [0.2, 0.25) is 0 Å². The zero-order valence-electron chi connectivity index (χ0n) is 18.7. The smallest absolute Gasteiger partial charge is 0.356 e. The summed E-state index contributed by atoms with van der Waals surface area (Å²) >= 11 is 0. The number of ketones is 1. The molecule has 3 aliphatic heterocycles. The number of Topliss-reactive ketones (excluding diaryl/α,β-unsaturated/α-hetero) is 1. The van der Waals surface area contributed by atoms with Gasteiger partial charge in [-0.2, -0.15) is 0 Å². The first kappa shape index (κ1) is 20.4. The van der Waals surface area contributed by atoms with Crippen molar-refractivity contribution in [1.82, 2.24) is 0 Å². The standard InChI is InChI=1S/C25H29NO5/c1-6-13-9-11(4)10-14(7-2)17(13)15-12(5)16-18(21(15)27)22-19-20(25(28)29-8-3)26-31-24(19)23(16)30-22/h9-10,16,18-19,22-24H,6-8H2,1-5H3/t16-,18-,19?,22?,23?,24?/m0/s1. The van der Waals surface area contributed by atoms with Gasteiger partial charge in [-0.25, -0.2) is 4.79 Å². The molecule has 4 unspecified atom stereocenters. The number of esters is 1. The van der Waals surface area contributed by atoms with E-state index in [1.54, 1.807) is 6.92 Å². The SMILES string of the molecule is CCOC(=O)C1=NOC2C1C1OC2[C@H]2C(C)=C(c3c(CC)cc(C)cc3CC)C(=O)[C@@H]12. The molecule has 0 aromatic heterocycles. The van der Waals surface area contributed by atoms with Crippen molar-refractivity contribution in [1.29, 1.82) is 0 Å². The normalized spacial score (nSPS) is 32.8. The van der Waals surface area contributed by atoms with E-state index in [0.717, 1.165) is 29.6 Å². The largest absolute Gasteiger partial charge is 0.461 e. The molecule has 0 radical (unpaired) electrons. The van der Waals surface area contributed by atoms with Gasteiger partial charge in [-0.3, -0.25) is 4.79 Å². The number of aryl methyl sites for hydroxylation is 3. The van der Waals surface area contributed by atoms with Gasteiger partial charge in [0.1, 0.15) is 6.10 Å². The summed E-state index contributed by atoms with van der Waals surface area (Å²) in [5.41, 5.74) is 6.98. The summed E-state index contributed by atoms with van der Waals surface area (Å²) in [5, 5.41) is 4.03. The quantitative estimate of drug-likeness (QED) is 0.679. The summed E-state index contributed by atoms with van der Waals surface area (Å²) in [6.45, 7) is 10.5. The molecule has 5 rings (SSSR count). The summed E-state index contributed by atoms with van der Waals surface area (Å²) in [7, 11) is 0. The number of ether oxygens (including phenoxy) is 2. The number of carbonyl (C=O) groups is 2. The molecule has 0 spiro atoms. The minimum Gasteiger partial charge on any atom is -0.461 e. The van der Waals surface area contributed by atoms with Gasteiger partial charge in [0.2, 0.25) is 0 Å². The number of fused-ring (bicyclic) bond motifs is 8. The van der Waals surface area contributed by atoms with Crippen LogP contribution in [0.4, 0.5) is 0 Å². The van der Waals surface area contributed by atoms with Crippen LogP contribution in [-0.4, -0.2) is 42.4 Å². The van der Waals surface area contributed by atoms with E-state index in [1.807, 2.05) is 0 Å². The van der Waals surface area contributed by atoms with Crippen molar-refractivity contribution < 1.29 is 23.9 Å². The summed E-state index contributed by atoms with van der Waals surface area (Å²) in [4.78, 5) is 31.9. The molecule has 0 saturated carbocycles. The lowest BCUT2D eigenvalue weighted by molar-refractivity contribution is -0.135. The first-order valence-corrected chi connectivity index (χ1v) is 11.4. The predicted octanol–water partition coefficient (Wildman–Crippen LogP) is 3.42. The Labute approximate surface area is 182 Å². The Balaban J connectivity index is 1.55. The van der Waals surface area contributed by atoms with Crippen molar-refractivity contribution >= 4 is 23.0 Å². The van der Waals surface area contributed by atoms with Gasteiger partial charge in [0, 0.05) is 11.5 Å². The van der Waals surface area contributed by atoms with Crippen LogP contribution in [-0.2, 0) is 36.7 Å². The van der Waals surface area contributed by atoms with Crippen LogP contribution in [0.3, 0.4) is 0 Å².